The van der Waals surface area contributed by atoms with Gasteiger partial charge in [-0.25, -0.2) is 14.6 Å². The minimum atomic E-state index is -0.239. The number of benzene rings is 1. The van der Waals surface area contributed by atoms with Crippen molar-refractivity contribution >= 4 is 23.5 Å². The summed E-state index contributed by atoms with van der Waals surface area (Å²) in [6.45, 7) is 0.281. The van der Waals surface area contributed by atoms with E-state index >= 15 is 0 Å². The summed E-state index contributed by atoms with van der Waals surface area (Å²) < 4.78 is 12.5. The molecule has 0 spiro atoms. The van der Waals surface area contributed by atoms with Gasteiger partial charge in [0.2, 0.25) is 16.9 Å². The zero-order valence-corrected chi connectivity index (χ0v) is 15.5. The lowest BCUT2D eigenvalue weighted by Crippen LogP contribution is -2.15. The van der Waals surface area contributed by atoms with E-state index in [1.807, 2.05) is 24.3 Å². The largest absolute Gasteiger partial charge is 0.496 e. The van der Waals surface area contributed by atoms with Crippen LogP contribution in [0.3, 0.4) is 0 Å². The van der Waals surface area contributed by atoms with E-state index in [9.17, 15) is 4.79 Å². The second-order valence-corrected chi connectivity index (χ2v) is 6.21. The third kappa shape index (κ3) is 5.14. The van der Waals surface area contributed by atoms with Gasteiger partial charge in [-0.2, -0.15) is 0 Å². The summed E-state index contributed by atoms with van der Waals surface area (Å²) in [6.07, 6.45) is 1.33. The number of aromatic nitrogens is 6. The van der Waals surface area contributed by atoms with Crippen LogP contribution in [0.15, 0.2) is 41.8 Å². The summed E-state index contributed by atoms with van der Waals surface area (Å²) in [7, 11) is 3.31. The van der Waals surface area contributed by atoms with Crippen molar-refractivity contribution in [2.45, 2.75) is 11.8 Å². The van der Waals surface area contributed by atoms with Gasteiger partial charge in [-0.3, -0.25) is 4.79 Å². The van der Waals surface area contributed by atoms with Crippen molar-refractivity contribution in [2.75, 3.05) is 18.2 Å². The molecule has 1 N–H and O–H groups in total. The molecule has 2 heterocycles. The summed E-state index contributed by atoms with van der Waals surface area (Å²) in [6, 6.07) is 9.10. The van der Waals surface area contributed by atoms with E-state index in [2.05, 4.69) is 30.8 Å². The van der Waals surface area contributed by atoms with Crippen LogP contribution >= 0.6 is 11.8 Å². The van der Waals surface area contributed by atoms with Crippen LogP contribution in [-0.2, 0) is 18.4 Å². The minimum absolute atomic E-state index is 0.148. The number of anilines is 1. The number of hydrogen-bond donors (Lipinski definition) is 1. The molecule has 0 radical (unpaired) electrons. The van der Waals surface area contributed by atoms with E-state index in [1.54, 1.807) is 20.2 Å². The SMILES string of the molecule is COc1ccccc1COc1cc(NC(=O)CSc2nnnn2C)ncn1. The maximum atomic E-state index is 12.1. The molecule has 0 aliphatic rings. The Bertz CT molecular complexity index is 918. The van der Waals surface area contributed by atoms with Gasteiger partial charge in [0.15, 0.2) is 0 Å². The number of thioether (sulfide) groups is 1. The van der Waals surface area contributed by atoms with Crippen molar-refractivity contribution in [3.8, 4) is 11.6 Å². The van der Waals surface area contributed by atoms with Gasteiger partial charge in [-0.1, -0.05) is 30.0 Å². The van der Waals surface area contributed by atoms with Crippen molar-refractivity contribution in [2.24, 2.45) is 7.05 Å². The topological polar surface area (TPSA) is 117 Å². The molecule has 1 amide bonds. The highest BCUT2D eigenvalue weighted by Gasteiger charge is 2.10. The quantitative estimate of drug-likeness (QED) is 0.571. The average Bonchev–Trinajstić information content (AvgIpc) is 3.10. The van der Waals surface area contributed by atoms with Crippen LogP contribution in [0.2, 0.25) is 0 Å². The summed E-state index contributed by atoms with van der Waals surface area (Å²) in [4.78, 5) is 20.1. The number of hydrogen-bond acceptors (Lipinski definition) is 9. The number of tetrazole rings is 1. The van der Waals surface area contributed by atoms with E-state index in [1.165, 1.54) is 22.8 Å². The first-order valence-electron chi connectivity index (χ1n) is 7.87. The molecule has 3 rings (SSSR count). The van der Waals surface area contributed by atoms with Crippen LogP contribution in [0.5, 0.6) is 11.6 Å². The number of aryl methyl sites for hydroxylation is 1. The number of para-hydroxylation sites is 1. The molecule has 0 atom stereocenters. The molecule has 3 aromatic rings. The zero-order chi connectivity index (χ0) is 19.1. The molecule has 1 aromatic carbocycles. The summed E-state index contributed by atoms with van der Waals surface area (Å²) in [5.41, 5.74) is 0.887. The number of amides is 1. The van der Waals surface area contributed by atoms with Gasteiger partial charge in [-0.05, 0) is 16.5 Å². The Balaban J connectivity index is 1.55. The van der Waals surface area contributed by atoms with Crippen molar-refractivity contribution in [3.63, 3.8) is 0 Å². The van der Waals surface area contributed by atoms with Gasteiger partial charge >= 0.3 is 0 Å². The summed E-state index contributed by atoms with van der Waals surface area (Å²) in [5, 5.41) is 14.3. The summed E-state index contributed by atoms with van der Waals surface area (Å²) >= 11 is 1.22. The highest BCUT2D eigenvalue weighted by Crippen LogP contribution is 2.20. The maximum absolute atomic E-state index is 12.1. The standard InChI is InChI=1S/C16H17N7O3S/c1-23-16(20-21-22-23)27-9-14(24)19-13-7-15(18-10-17-13)26-8-11-5-3-4-6-12(11)25-2/h3-7,10H,8-9H2,1-2H3,(H,17,18,19,24). The highest BCUT2D eigenvalue weighted by molar-refractivity contribution is 7.99. The number of carbonyl (C=O) groups is 1. The maximum Gasteiger partial charge on any atom is 0.236 e. The molecule has 11 heteroatoms. The van der Waals surface area contributed by atoms with Crippen molar-refractivity contribution in [1.82, 2.24) is 30.2 Å². The van der Waals surface area contributed by atoms with Crippen LogP contribution in [-0.4, -0.2) is 48.9 Å². The van der Waals surface area contributed by atoms with Gasteiger partial charge in [0.25, 0.3) is 0 Å². The number of methoxy groups -OCH3 is 1. The van der Waals surface area contributed by atoms with Crippen molar-refractivity contribution in [1.29, 1.82) is 0 Å². The zero-order valence-electron chi connectivity index (χ0n) is 14.7. The smallest absolute Gasteiger partial charge is 0.236 e. The first-order chi connectivity index (χ1) is 13.2. The van der Waals surface area contributed by atoms with Crippen molar-refractivity contribution < 1.29 is 14.3 Å². The van der Waals surface area contributed by atoms with Crippen molar-refractivity contribution in [3.05, 3.63) is 42.2 Å². The molecule has 2 aromatic heterocycles. The molecular weight excluding hydrogens is 370 g/mol. The third-order valence-electron chi connectivity index (χ3n) is 3.39. The van der Waals surface area contributed by atoms with E-state index in [4.69, 9.17) is 9.47 Å². The first-order valence-corrected chi connectivity index (χ1v) is 8.86. The lowest BCUT2D eigenvalue weighted by atomic mass is 10.2. The molecule has 0 aliphatic carbocycles. The minimum Gasteiger partial charge on any atom is -0.496 e. The predicted molar refractivity (Wildman–Crippen MR) is 97.5 cm³/mol. The second-order valence-electron chi connectivity index (χ2n) is 5.26. The Morgan fingerprint density at radius 3 is 2.93 bits per heavy atom. The van der Waals surface area contributed by atoms with Gasteiger partial charge in [0.05, 0.1) is 12.9 Å². The van der Waals surface area contributed by atoms with Crippen LogP contribution in [0.4, 0.5) is 5.82 Å². The van der Waals surface area contributed by atoms with E-state index < -0.39 is 0 Å². The Hall–Kier alpha value is -3.21. The van der Waals surface area contributed by atoms with Gasteiger partial charge in [-0.15, -0.1) is 5.10 Å². The Kier molecular flexibility index (Phi) is 6.15. The second kappa shape index (κ2) is 8.94. The van der Waals surface area contributed by atoms with E-state index in [0.29, 0.717) is 16.9 Å². The fourth-order valence-electron chi connectivity index (χ4n) is 2.11. The van der Waals surface area contributed by atoms with Crippen LogP contribution in [0.1, 0.15) is 5.56 Å². The average molecular weight is 387 g/mol. The van der Waals surface area contributed by atoms with Gasteiger partial charge in [0.1, 0.15) is 24.5 Å². The Morgan fingerprint density at radius 1 is 1.30 bits per heavy atom. The molecular formula is C16H17N7O3S. The molecule has 140 valence electrons. The van der Waals surface area contributed by atoms with Crippen LogP contribution < -0.4 is 14.8 Å². The predicted octanol–water partition coefficient (Wildman–Crippen LogP) is 1.32. The monoisotopic (exact) mass is 387 g/mol. The Morgan fingerprint density at radius 2 is 2.15 bits per heavy atom. The highest BCUT2D eigenvalue weighted by atomic mass is 32.2. The molecule has 0 unspecified atom stereocenters. The van der Waals surface area contributed by atoms with E-state index in [0.717, 1.165) is 11.3 Å². The molecule has 0 aliphatic heterocycles. The number of nitrogens with zero attached hydrogens (tertiary/aromatic N) is 6. The molecule has 0 bridgehead atoms. The first kappa shape index (κ1) is 18.6. The van der Waals surface area contributed by atoms with E-state index in [-0.39, 0.29) is 18.3 Å². The molecule has 0 saturated heterocycles. The fraction of sp³-hybridized carbons (Fsp3) is 0.250. The lowest BCUT2D eigenvalue weighted by molar-refractivity contribution is -0.113. The van der Waals surface area contributed by atoms with Crippen LogP contribution in [0.25, 0.3) is 0 Å². The molecule has 0 fully saturated rings. The number of rotatable bonds is 8. The van der Waals surface area contributed by atoms with Gasteiger partial charge < -0.3 is 14.8 Å². The molecule has 10 nitrogen and oxygen atoms in total. The number of carbonyl (C=O) groups excluding carboxylic acids is 1. The lowest BCUT2D eigenvalue weighted by Gasteiger charge is -2.10. The number of ether oxygens (including phenoxy) is 2. The number of nitrogens with one attached hydrogen (secondary N) is 1. The van der Waals surface area contributed by atoms with Crippen LogP contribution in [0, 0.1) is 0 Å². The third-order valence-corrected chi connectivity index (χ3v) is 4.40. The fourth-order valence-corrected chi connectivity index (χ4v) is 2.76. The molecule has 27 heavy (non-hydrogen) atoms. The van der Waals surface area contributed by atoms with Gasteiger partial charge in [0, 0.05) is 18.7 Å². The summed E-state index contributed by atoms with van der Waals surface area (Å²) in [5.74, 6) is 1.33. The Labute approximate surface area is 159 Å². The molecule has 0 saturated carbocycles. The normalized spacial score (nSPS) is 10.4.